The molecule has 0 unspecified atom stereocenters. The van der Waals surface area contributed by atoms with Crippen LogP contribution in [0.4, 0.5) is 17.1 Å². The molecule has 0 aliphatic carbocycles. The Balaban J connectivity index is 1.05. The smallest absolute Gasteiger partial charge is 0.343 e. The van der Waals surface area contributed by atoms with Crippen LogP contribution in [-0.2, 0) is 5.41 Å². The average molecular weight is 815 g/mol. The van der Waals surface area contributed by atoms with Crippen molar-refractivity contribution in [3.63, 3.8) is 0 Å². The SMILES string of the molecule is O=C(Oc1ccc(C2(c3ccc(OC(=O)c4ccccc4)cc3)c3ccccc3N(c3ccc(-n4c5ccccc5c5ccccc54)cc3)c3ccccc32)cc1)c1ccccc1. The quantitative estimate of drug-likeness (QED) is 0.113. The van der Waals surface area contributed by atoms with Gasteiger partial charge >= 0.3 is 11.9 Å². The fraction of sp³-hybridized carbons (Fsp3) is 0.0175. The average Bonchev–Trinajstić information content (AvgIpc) is 3.69. The molecule has 2 heterocycles. The number of aromatic nitrogens is 1. The molecule has 1 aromatic heterocycles. The van der Waals surface area contributed by atoms with Crippen molar-refractivity contribution in [3.8, 4) is 17.2 Å². The molecule has 1 aliphatic heterocycles. The summed E-state index contributed by atoms with van der Waals surface area (Å²) in [5.74, 6) is 0.0280. The van der Waals surface area contributed by atoms with Gasteiger partial charge in [0.2, 0.25) is 0 Å². The van der Waals surface area contributed by atoms with Crippen molar-refractivity contribution in [2.45, 2.75) is 5.41 Å². The second-order valence-electron chi connectivity index (χ2n) is 15.6. The van der Waals surface area contributed by atoms with Gasteiger partial charge in [-0.2, -0.15) is 0 Å². The summed E-state index contributed by atoms with van der Waals surface area (Å²) < 4.78 is 14.1. The predicted molar refractivity (Wildman–Crippen MR) is 250 cm³/mol. The molecule has 0 spiro atoms. The summed E-state index contributed by atoms with van der Waals surface area (Å²) in [7, 11) is 0. The van der Waals surface area contributed by atoms with E-state index >= 15 is 0 Å². The molecule has 1 aliphatic rings. The van der Waals surface area contributed by atoms with E-state index in [1.165, 1.54) is 10.8 Å². The Kier molecular flexibility index (Phi) is 9.24. The first-order chi connectivity index (χ1) is 31.1. The number of carbonyl (C=O) groups excluding carboxylic acids is 2. The zero-order valence-corrected chi connectivity index (χ0v) is 34.0. The summed E-state index contributed by atoms with van der Waals surface area (Å²) in [5.41, 5.74) is 10.6. The summed E-state index contributed by atoms with van der Waals surface area (Å²) in [6, 6.07) is 76.5. The summed E-state index contributed by atoms with van der Waals surface area (Å²) in [6.07, 6.45) is 0. The van der Waals surface area contributed by atoms with E-state index in [-0.39, 0.29) is 0 Å². The number of para-hydroxylation sites is 4. The van der Waals surface area contributed by atoms with Crippen molar-refractivity contribution >= 4 is 50.8 Å². The molecule has 0 saturated heterocycles. The van der Waals surface area contributed by atoms with Gasteiger partial charge in [-0.25, -0.2) is 9.59 Å². The second kappa shape index (κ2) is 15.5. The molecule has 0 bridgehead atoms. The van der Waals surface area contributed by atoms with E-state index in [2.05, 4.69) is 131 Å². The molecule has 9 aromatic carbocycles. The van der Waals surface area contributed by atoms with Crippen LogP contribution in [0.15, 0.2) is 231 Å². The monoisotopic (exact) mass is 814 g/mol. The Morgan fingerprint density at radius 3 is 1.21 bits per heavy atom. The molecule has 0 saturated carbocycles. The topological polar surface area (TPSA) is 60.8 Å². The first kappa shape index (κ1) is 37.5. The van der Waals surface area contributed by atoms with Gasteiger partial charge in [0.25, 0.3) is 0 Å². The van der Waals surface area contributed by atoms with Gasteiger partial charge in [-0.05, 0) is 119 Å². The summed E-state index contributed by atoms with van der Waals surface area (Å²) in [6.45, 7) is 0. The van der Waals surface area contributed by atoms with Gasteiger partial charge in [0, 0.05) is 22.1 Å². The number of ether oxygens (including phenoxy) is 2. The van der Waals surface area contributed by atoms with E-state index in [1.54, 1.807) is 24.3 Å². The van der Waals surface area contributed by atoms with Gasteiger partial charge in [0.15, 0.2) is 0 Å². The third kappa shape index (κ3) is 6.35. The lowest BCUT2D eigenvalue weighted by Crippen LogP contribution is -2.37. The third-order valence-electron chi connectivity index (χ3n) is 12.1. The van der Waals surface area contributed by atoms with Crippen molar-refractivity contribution in [2.24, 2.45) is 0 Å². The van der Waals surface area contributed by atoms with Gasteiger partial charge in [0.1, 0.15) is 11.5 Å². The van der Waals surface area contributed by atoms with Crippen LogP contribution >= 0.6 is 0 Å². The highest BCUT2D eigenvalue weighted by Crippen LogP contribution is 2.58. The molecule has 11 rings (SSSR count). The summed E-state index contributed by atoms with van der Waals surface area (Å²) in [5, 5.41) is 2.44. The van der Waals surface area contributed by atoms with Crippen LogP contribution in [0.2, 0.25) is 0 Å². The Bertz CT molecular complexity index is 3100. The number of anilines is 3. The maximum absolute atomic E-state index is 13.1. The number of rotatable bonds is 8. The van der Waals surface area contributed by atoms with Crippen LogP contribution in [-0.4, -0.2) is 16.5 Å². The standard InChI is InChI=1S/C57H38N2O4/c60-55(39-15-3-1-4-16-39)62-45-35-27-41(28-36-45)57(42-29-37-46(38-30-42)63-56(61)40-17-5-2-6-18-40)49-21-9-13-25-53(49)59(54-26-14-10-22-50(54)57)44-33-31-43(32-34-44)58-51-23-11-7-19-47(51)48-20-8-12-24-52(48)58/h1-38H. The minimum absolute atomic E-state index is 0.424. The normalized spacial score (nSPS) is 12.7. The maximum atomic E-state index is 13.1. The molecule has 6 nitrogen and oxygen atoms in total. The van der Waals surface area contributed by atoms with E-state index < -0.39 is 17.4 Å². The number of hydrogen-bond acceptors (Lipinski definition) is 5. The fourth-order valence-electron chi connectivity index (χ4n) is 9.29. The van der Waals surface area contributed by atoms with Gasteiger partial charge in [-0.15, -0.1) is 0 Å². The van der Waals surface area contributed by atoms with E-state index in [1.807, 2.05) is 84.9 Å². The summed E-state index contributed by atoms with van der Waals surface area (Å²) in [4.78, 5) is 28.6. The molecule has 0 N–H and O–H groups in total. The third-order valence-corrected chi connectivity index (χ3v) is 12.1. The van der Waals surface area contributed by atoms with Crippen molar-refractivity contribution in [3.05, 3.63) is 264 Å². The van der Waals surface area contributed by atoms with Crippen LogP contribution in [0, 0.1) is 0 Å². The maximum Gasteiger partial charge on any atom is 0.343 e. The lowest BCUT2D eigenvalue weighted by molar-refractivity contribution is 0.0725. The number of benzene rings is 9. The van der Waals surface area contributed by atoms with Crippen LogP contribution in [0.1, 0.15) is 43.0 Å². The number of nitrogens with zero attached hydrogens (tertiary/aromatic N) is 2. The molecule has 0 radical (unpaired) electrons. The minimum Gasteiger partial charge on any atom is -0.423 e. The van der Waals surface area contributed by atoms with Crippen molar-refractivity contribution in [1.29, 1.82) is 0 Å². The number of hydrogen-bond donors (Lipinski definition) is 0. The number of carbonyl (C=O) groups is 2. The summed E-state index contributed by atoms with van der Waals surface area (Å²) >= 11 is 0. The largest absolute Gasteiger partial charge is 0.423 e. The van der Waals surface area contributed by atoms with Gasteiger partial charge in [-0.1, -0.05) is 133 Å². The van der Waals surface area contributed by atoms with Crippen LogP contribution in [0.3, 0.4) is 0 Å². The van der Waals surface area contributed by atoms with Crippen LogP contribution < -0.4 is 14.4 Å². The fourth-order valence-corrected chi connectivity index (χ4v) is 9.29. The number of esters is 2. The molecular formula is C57H38N2O4. The minimum atomic E-state index is -0.851. The highest BCUT2D eigenvalue weighted by molar-refractivity contribution is 6.09. The molecule has 10 aromatic rings. The highest BCUT2D eigenvalue weighted by Gasteiger charge is 2.46. The van der Waals surface area contributed by atoms with Gasteiger partial charge < -0.3 is 18.9 Å². The lowest BCUT2D eigenvalue weighted by atomic mass is 9.62. The molecule has 6 heteroatoms. The highest BCUT2D eigenvalue weighted by atomic mass is 16.5. The Morgan fingerprint density at radius 2 is 0.746 bits per heavy atom. The zero-order chi connectivity index (χ0) is 42.3. The van der Waals surface area contributed by atoms with E-state index in [0.29, 0.717) is 22.6 Å². The Morgan fingerprint density at radius 1 is 0.365 bits per heavy atom. The van der Waals surface area contributed by atoms with Crippen molar-refractivity contribution in [2.75, 3.05) is 4.90 Å². The second-order valence-corrected chi connectivity index (χ2v) is 15.6. The molecule has 0 atom stereocenters. The Hall–Kier alpha value is -8.48. The van der Waals surface area contributed by atoms with E-state index in [9.17, 15) is 9.59 Å². The van der Waals surface area contributed by atoms with Gasteiger partial charge in [-0.3, -0.25) is 0 Å². The van der Waals surface area contributed by atoms with Crippen LogP contribution in [0.5, 0.6) is 11.5 Å². The molecule has 63 heavy (non-hydrogen) atoms. The Labute approximate surface area is 364 Å². The first-order valence-electron chi connectivity index (χ1n) is 20.9. The van der Waals surface area contributed by atoms with Crippen LogP contribution in [0.25, 0.3) is 27.5 Å². The first-order valence-corrected chi connectivity index (χ1v) is 20.9. The van der Waals surface area contributed by atoms with Crippen molar-refractivity contribution < 1.29 is 19.1 Å². The molecule has 0 fully saturated rings. The molecular weight excluding hydrogens is 777 g/mol. The van der Waals surface area contributed by atoms with E-state index in [4.69, 9.17) is 9.47 Å². The predicted octanol–water partition coefficient (Wildman–Crippen LogP) is 13.4. The molecule has 0 amide bonds. The van der Waals surface area contributed by atoms with E-state index in [0.717, 1.165) is 56.0 Å². The van der Waals surface area contributed by atoms with Crippen molar-refractivity contribution in [1.82, 2.24) is 4.57 Å². The number of fused-ring (bicyclic) bond motifs is 5. The molecule has 300 valence electrons. The zero-order valence-electron chi connectivity index (χ0n) is 34.0. The van der Waals surface area contributed by atoms with Gasteiger partial charge in [0.05, 0.1) is 39.0 Å². The lowest BCUT2D eigenvalue weighted by Gasteiger charge is -2.46.